The molecule has 0 fully saturated rings. The number of nitrogens with one attached hydrogen (secondary N) is 2. The van der Waals surface area contributed by atoms with E-state index in [4.69, 9.17) is 10.5 Å². The maximum atomic E-state index is 12.3. The third kappa shape index (κ3) is 6.02. The maximum Gasteiger partial charge on any atom is 0.411 e. The summed E-state index contributed by atoms with van der Waals surface area (Å²) in [6, 6.07) is 17.1. The van der Waals surface area contributed by atoms with Crippen molar-refractivity contribution in [3.05, 3.63) is 82.1 Å². The summed E-state index contributed by atoms with van der Waals surface area (Å²) in [7, 11) is 0. The predicted octanol–water partition coefficient (Wildman–Crippen LogP) is 2.22. The van der Waals surface area contributed by atoms with Crippen molar-refractivity contribution in [3.8, 4) is 11.3 Å². The topological polar surface area (TPSA) is 128 Å². The van der Waals surface area contributed by atoms with E-state index in [1.165, 1.54) is 10.7 Å². The Kier molecular flexibility index (Phi) is 7.71. The summed E-state index contributed by atoms with van der Waals surface area (Å²) in [5.41, 5.74) is 8.38. The number of amides is 2. The van der Waals surface area contributed by atoms with Gasteiger partial charge in [-0.1, -0.05) is 24.3 Å². The third-order valence-electron chi connectivity index (χ3n) is 4.52. The average Bonchev–Trinajstić information content (AvgIpc) is 2.79. The van der Waals surface area contributed by atoms with Crippen LogP contribution in [0.15, 0.2) is 65.5 Å². The van der Waals surface area contributed by atoms with Crippen molar-refractivity contribution in [2.24, 2.45) is 5.73 Å². The van der Waals surface area contributed by atoms with Gasteiger partial charge in [0.05, 0.1) is 18.8 Å². The lowest BCUT2D eigenvalue weighted by atomic mass is 10.1. The van der Waals surface area contributed by atoms with Crippen molar-refractivity contribution in [3.63, 3.8) is 0 Å². The van der Waals surface area contributed by atoms with E-state index in [9.17, 15) is 14.4 Å². The molecule has 2 amide bonds. The summed E-state index contributed by atoms with van der Waals surface area (Å²) in [5.74, 6) is -0.198. The van der Waals surface area contributed by atoms with Gasteiger partial charge < -0.3 is 15.8 Å². The molecule has 9 heteroatoms. The van der Waals surface area contributed by atoms with Crippen LogP contribution in [-0.2, 0) is 11.3 Å². The van der Waals surface area contributed by atoms with Gasteiger partial charge in [0, 0.05) is 36.0 Å². The van der Waals surface area contributed by atoms with Gasteiger partial charge >= 0.3 is 6.09 Å². The van der Waals surface area contributed by atoms with Gasteiger partial charge in [-0.25, -0.2) is 9.48 Å². The molecule has 3 aromatic rings. The van der Waals surface area contributed by atoms with E-state index in [1.54, 1.807) is 55.5 Å². The van der Waals surface area contributed by atoms with Crippen LogP contribution >= 0.6 is 0 Å². The SMILES string of the molecule is CCOC(=O)Nc1cccc(Cn2nc(-c3ccc(C(=O)NCCN)cc3)ccc2=O)c1. The van der Waals surface area contributed by atoms with E-state index in [-0.39, 0.29) is 24.6 Å². The molecule has 0 radical (unpaired) electrons. The van der Waals surface area contributed by atoms with Crippen LogP contribution in [0.1, 0.15) is 22.8 Å². The van der Waals surface area contributed by atoms with Crippen molar-refractivity contribution >= 4 is 17.7 Å². The molecule has 0 aliphatic rings. The zero-order valence-corrected chi connectivity index (χ0v) is 17.7. The predicted molar refractivity (Wildman–Crippen MR) is 122 cm³/mol. The van der Waals surface area contributed by atoms with E-state index < -0.39 is 6.09 Å². The monoisotopic (exact) mass is 435 g/mol. The third-order valence-corrected chi connectivity index (χ3v) is 4.52. The molecule has 166 valence electrons. The Morgan fingerprint density at radius 2 is 1.88 bits per heavy atom. The van der Waals surface area contributed by atoms with E-state index in [0.717, 1.165) is 11.1 Å². The first-order valence-electron chi connectivity index (χ1n) is 10.2. The minimum absolute atomic E-state index is 0.198. The zero-order valence-electron chi connectivity index (χ0n) is 17.7. The van der Waals surface area contributed by atoms with Crippen LogP contribution < -0.4 is 21.9 Å². The Morgan fingerprint density at radius 1 is 1.09 bits per heavy atom. The number of benzene rings is 2. The van der Waals surface area contributed by atoms with Gasteiger partial charge in [0.25, 0.3) is 11.5 Å². The zero-order chi connectivity index (χ0) is 22.9. The number of nitrogens with two attached hydrogens (primary N) is 1. The second-order valence-electron chi connectivity index (χ2n) is 6.88. The molecule has 2 aromatic carbocycles. The van der Waals surface area contributed by atoms with Crippen molar-refractivity contribution in [2.45, 2.75) is 13.5 Å². The fraction of sp³-hybridized carbons (Fsp3) is 0.217. The van der Waals surface area contributed by atoms with Gasteiger partial charge in [-0.05, 0) is 42.8 Å². The van der Waals surface area contributed by atoms with E-state index in [2.05, 4.69) is 15.7 Å². The highest BCUT2D eigenvalue weighted by atomic mass is 16.5. The highest BCUT2D eigenvalue weighted by Crippen LogP contribution is 2.17. The average molecular weight is 435 g/mol. The standard InChI is InChI=1S/C23H25N5O4/c1-2-32-23(31)26-19-5-3-4-16(14-19)15-28-21(29)11-10-20(27-28)17-6-8-18(9-7-17)22(30)25-13-12-24/h3-11,14H,2,12-13,15,24H2,1H3,(H,25,30)(H,26,31). The molecule has 9 nitrogen and oxygen atoms in total. The number of ether oxygens (including phenoxy) is 1. The van der Waals surface area contributed by atoms with Crippen LogP contribution in [0, 0.1) is 0 Å². The van der Waals surface area contributed by atoms with Crippen molar-refractivity contribution in [1.29, 1.82) is 0 Å². The van der Waals surface area contributed by atoms with Gasteiger partial charge in [0.15, 0.2) is 0 Å². The Balaban J connectivity index is 1.77. The highest BCUT2D eigenvalue weighted by molar-refractivity contribution is 5.94. The van der Waals surface area contributed by atoms with E-state index >= 15 is 0 Å². The van der Waals surface area contributed by atoms with Gasteiger partial charge in [-0.15, -0.1) is 0 Å². The van der Waals surface area contributed by atoms with E-state index in [1.807, 2.05) is 6.07 Å². The Labute approximate surface area is 185 Å². The van der Waals surface area contributed by atoms with Crippen molar-refractivity contribution in [2.75, 3.05) is 25.0 Å². The van der Waals surface area contributed by atoms with Crippen LogP contribution in [-0.4, -0.2) is 41.5 Å². The van der Waals surface area contributed by atoms with Crippen LogP contribution in [0.2, 0.25) is 0 Å². The van der Waals surface area contributed by atoms with Crippen molar-refractivity contribution < 1.29 is 14.3 Å². The second-order valence-corrected chi connectivity index (χ2v) is 6.88. The highest BCUT2D eigenvalue weighted by Gasteiger charge is 2.09. The molecule has 0 unspecified atom stereocenters. The molecule has 0 saturated carbocycles. The number of rotatable bonds is 8. The molecular weight excluding hydrogens is 410 g/mol. The lowest BCUT2D eigenvalue weighted by Gasteiger charge is -2.10. The first kappa shape index (κ1) is 22.7. The first-order valence-corrected chi connectivity index (χ1v) is 10.2. The molecule has 4 N–H and O–H groups in total. The minimum atomic E-state index is -0.540. The lowest BCUT2D eigenvalue weighted by molar-refractivity contribution is 0.0954. The summed E-state index contributed by atoms with van der Waals surface area (Å²) >= 11 is 0. The smallest absolute Gasteiger partial charge is 0.411 e. The summed E-state index contributed by atoms with van der Waals surface area (Å²) in [4.78, 5) is 36.0. The largest absolute Gasteiger partial charge is 0.450 e. The molecular formula is C23H25N5O4. The summed E-state index contributed by atoms with van der Waals surface area (Å²) in [5, 5.41) is 9.81. The normalized spacial score (nSPS) is 10.4. The van der Waals surface area contributed by atoms with Gasteiger partial charge in [0.2, 0.25) is 0 Å². The molecule has 0 aliphatic carbocycles. The fourth-order valence-electron chi connectivity index (χ4n) is 3.00. The number of carbonyl (C=O) groups is 2. The number of nitrogens with zero attached hydrogens (tertiary/aromatic N) is 2. The maximum absolute atomic E-state index is 12.3. The molecule has 1 heterocycles. The molecule has 1 aromatic heterocycles. The van der Waals surface area contributed by atoms with Gasteiger partial charge in [0.1, 0.15) is 0 Å². The molecule has 0 atom stereocenters. The van der Waals surface area contributed by atoms with E-state index in [0.29, 0.717) is 30.0 Å². The number of aromatic nitrogens is 2. The molecule has 32 heavy (non-hydrogen) atoms. The molecule has 0 aliphatic heterocycles. The quantitative estimate of drug-likeness (QED) is 0.498. The van der Waals surface area contributed by atoms with Crippen LogP contribution in [0.4, 0.5) is 10.5 Å². The Morgan fingerprint density at radius 3 is 2.59 bits per heavy atom. The number of hydrogen-bond acceptors (Lipinski definition) is 6. The van der Waals surface area contributed by atoms with Crippen LogP contribution in [0.3, 0.4) is 0 Å². The summed E-state index contributed by atoms with van der Waals surface area (Å²) in [6.07, 6.45) is -0.540. The summed E-state index contributed by atoms with van der Waals surface area (Å²) in [6.45, 7) is 3.01. The Hall–Kier alpha value is -3.98. The van der Waals surface area contributed by atoms with Crippen LogP contribution in [0.5, 0.6) is 0 Å². The number of hydrogen-bond donors (Lipinski definition) is 3. The van der Waals surface area contributed by atoms with Gasteiger partial charge in [-0.3, -0.25) is 14.9 Å². The minimum Gasteiger partial charge on any atom is -0.450 e. The van der Waals surface area contributed by atoms with Gasteiger partial charge in [-0.2, -0.15) is 5.10 Å². The number of anilines is 1. The molecule has 0 saturated heterocycles. The summed E-state index contributed by atoms with van der Waals surface area (Å²) < 4.78 is 6.23. The fourth-order valence-corrected chi connectivity index (χ4v) is 3.00. The van der Waals surface area contributed by atoms with Crippen molar-refractivity contribution in [1.82, 2.24) is 15.1 Å². The molecule has 0 spiro atoms. The van der Waals surface area contributed by atoms with Crippen LogP contribution in [0.25, 0.3) is 11.3 Å². The Bertz CT molecular complexity index is 1140. The first-order chi connectivity index (χ1) is 15.5. The second kappa shape index (κ2) is 10.9. The molecule has 0 bridgehead atoms. The number of carbonyl (C=O) groups excluding carboxylic acids is 2. The lowest BCUT2D eigenvalue weighted by Crippen LogP contribution is -2.28. The molecule has 3 rings (SSSR count).